The molecule has 1 saturated heterocycles. The van der Waals surface area contributed by atoms with Crippen LogP contribution in [0.4, 0.5) is 0 Å². The van der Waals surface area contributed by atoms with Crippen molar-refractivity contribution in [3.8, 4) is 0 Å². The molecule has 0 spiro atoms. The van der Waals surface area contributed by atoms with Crippen LogP contribution in [0.1, 0.15) is 23.5 Å². The van der Waals surface area contributed by atoms with E-state index in [1.54, 1.807) is 11.3 Å². The Bertz CT molecular complexity index is 741. The summed E-state index contributed by atoms with van der Waals surface area (Å²) in [5, 5.41) is 5.57. The largest absolute Gasteiger partial charge is 0.317 e. The van der Waals surface area contributed by atoms with Crippen LogP contribution in [0.5, 0.6) is 0 Å². The van der Waals surface area contributed by atoms with Crippen molar-refractivity contribution in [1.82, 2.24) is 19.9 Å². The van der Waals surface area contributed by atoms with Gasteiger partial charge in [0, 0.05) is 17.5 Å². The minimum atomic E-state index is 0.736. The van der Waals surface area contributed by atoms with Crippen LogP contribution in [0.2, 0.25) is 0 Å². The van der Waals surface area contributed by atoms with Crippen molar-refractivity contribution < 1.29 is 0 Å². The van der Waals surface area contributed by atoms with E-state index in [0.29, 0.717) is 0 Å². The highest BCUT2D eigenvalue weighted by molar-refractivity contribution is 7.09. The molecule has 3 aromatic rings. The molecule has 0 saturated carbocycles. The van der Waals surface area contributed by atoms with E-state index in [0.717, 1.165) is 43.1 Å². The van der Waals surface area contributed by atoms with Crippen LogP contribution >= 0.6 is 11.3 Å². The number of fused-ring (bicyclic) bond motifs is 1. The summed E-state index contributed by atoms with van der Waals surface area (Å²) in [5.74, 6) is 1.93. The van der Waals surface area contributed by atoms with Crippen molar-refractivity contribution in [2.45, 2.75) is 25.8 Å². The Morgan fingerprint density at radius 1 is 1.23 bits per heavy atom. The smallest absolute Gasteiger partial charge is 0.160 e. The summed E-state index contributed by atoms with van der Waals surface area (Å²) in [5.41, 5.74) is 2.03. The molecule has 114 valence electrons. The zero-order valence-electron chi connectivity index (χ0n) is 12.5. The number of nitrogens with zero attached hydrogens (tertiary/aromatic N) is 3. The third-order valence-corrected chi connectivity index (χ3v) is 5.27. The number of piperidine rings is 1. The fourth-order valence-electron chi connectivity index (χ4n) is 3.23. The van der Waals surface area contributed by atoms with Crippen molar-refractivity contribution in [3.63, 3.8) is 0 Å². The van der Waals surface area contributed by atoms with E-state index in [4.69, 9.17) is 4.98 Å². The molecule has 1 aliphatic rings. The number of hydrogen-bond acceptors (Lipinski definition) is 4. The van der Waals surface area contributed by atoms with Gasteiger partial charge in [-0.3, -0.25) is 0 Å². The lowest BCUT2D eigenvalue weighted by Gasteiger charge is -2.22. The first-order chi connectivity index (χ1) is 10.9. The first-order valence-corrected chi connectivity index (χ1v) is 8.81. The highest BCUT2D eigenvalue weighted by Crippen LogP contribution is 2.23. The first kappa shape index (κ1) is 13.9. The zero-order valence-corrected chi connectivity index (χ0v) is 13.4. The number of nitrogens with one attached hydrogen (secondary N) is 1. The molecule has 0 bridgehead atoms. The van der Waals surface area contributed by atoms with Crippen LogP contribution in [0, 0.1) is 5.92 Å². The summed E-state index contributed by atoms with van der Waals surface area (Å²) in [6, 6.07) is 8.34. The van der Waals surface area contributed by atoms with Crippen molar-refractivity contribution in [2.24, 2.45) is 5.92 Å². The van der Waals surface area contributed by atoms with Gasteiger partial charge in [-0.2, -0.15) is 0 Å². The van der Waals surface area contributed by atoms with E-state index in [-0.39, 0.29) is 0 Å². The number of hydrogen-bond donors (Lipinski definition) is 1. The van der Waals surface area contributed by atoms with E-state index < -0.39 is 0 Å². The van der Waals surface area contributed by atoms with Gasteiger partial charge < -0.3 is 9.88 Å². The maximum Gasteiger partial charge on any atom is 0.160 e. The molecule has 0 atom stereocenters. The van der Waals surface area contributed by atoms with Crippen LogP contribution in [-0.2, 0) is 13.0 Å². The number of imidazole rings is 1. The normalized spacial score (nSPS) is 16.4. The lowest BCUT2D eigenvalue weighted by atomic mass is 9.94. The Balaban J connectivity index is 1.69. The van der Waals surface area contributed by atoms with E-state index in [2.05, 4.69) is 38.4 Å². The molecular weight excluding hydrogens is 292 g/mol. The van der Waals surface area contributed by atoms with Gasteiger partial charge in [0.05, 0.1) is 6.54 Å². The molecule has 1 N–H and O–H groups in total. The second-order valence-electron chi connectivity index (χ2n) is 5.94. The molecule has 4 nitrogen and oxygen atoms in total. The van der Waals surface area contributed by atoms with E-state index in [1.165, 1.54) is 23.5 Å². The molecule has 0 unspecified atom stereocenters. The quantitative estimate of drug-likeness (QED) is 0.805. The van der Waals surface area contributed by atoms with Crippen LogP contribution in [0.15, 0.2) is 35.8 Å². The van der Waals surface area contributed by atoms with Crippen molar-refractivity contribution in [3.05, 3.63) is 46.5 Å². The van der Waals surface area contributed by atoms with Gasteiger partial charge >= 0.3 is 0 Å². The third-order valence-electron chi connectivity index (χ3n) is 4.41. The average molecular weight is 312 g/mol. The van der Waals surface area contributed by atoms with Crippen LogP contribution < -0.4 is 5.32 Å². The topological polar surface area (TPSA) is 42.7 Å². The van der Waals surface area contributed by atoms with E-state index in [9.17, 15) is 0 Å². The maximum atomic E-state index is 4.87. The van der Waals surface area contributed by atoms with Gasteiger partial charge in [0.15, 0.2) is 5.65 Å². The summed E-state index contributed by atoms with van der Waals surface area (Å²) >= 11 is 1.80. The summed E-state index contributed by atoms with van der Waals surface area (Å²) < 4.78 is 2.31. The Kier molecular flexibility index (Phi) is 3.91. The van der Waals surface area contributed by atoms with Gasteiger partial charge in [0.2, 0.25) is 0 Å². The Morgan fingerprint density at radius 3 is 2.95 bits per heavy atom. The summed E-state index contributed by atoms with van der Waals surface area (Å²) in [7, 11) is 0. The molecule has 4 heterocycles. The molecule has 4 rings (SSSR count). The lowest BCUT2D eigenvalue weighted by Crippen LogP contribution is -2.29. The maximum absolute atomic E-state index is 4.87. The van der Waals surface area contributed by atoms with Crippen LogP contribution in [0.3, 0.4) is 0 Å². The highest BCUT2D eigenvalue weighted by Gasteiger charge is 2.19. The standard InChI is InChI=1S/C17H20N4S/c1-4-15-17(19-7-1)21(12-14-3-2-10-22-14)16(20-15)11-13-5-8-18-9-6-13/h1-4,7,10,13,18H,5-6,8-9,11-12H2. The minimum absolute atomic E-state index is 0.736. The molecule has 0 aromatic carbocycles. The third kappa shape index (κ3) is 2.78. The highest BCUT2D eigenvalue weighted by atomic mass is 32.1. The molecule has 1 aliphatic heterocycles. The SMILES string of the molecule is c1csc(Cn2c(CC3CCNCC3)nc3cccnc32)c1. The van der Waals surface area contributed by atoms with E-state index in [1.807, 2.05) is 12.3 Å². The molecule has 0 radical (unpaired) electrons. The molecular formula is C17H20N4S. The Labute approximate surface area is 134 Å². The lowest BCUT2D eigenvalue weighted by molar-refractivity contribution is 0.364. The average Bonchev–Trinajstić information content (AvgIpc) is 3.18. The summed E-state index contributed by atoms with van der Waals surface area (Å²) in [4.78, 5) is 10.8. The fourth-order valence-corrected chi connectivity index (χ4v) is 3.92. The van der Waals surface area contributed by atoms with Crippen molar-refractivity contribution >= 4 is 22.5 Å². The number of aromatic nitrogens is 3. The second-order valence-corrected chi connectivity index (χ2v) is 6.97. The summed E-state index contributed by atoms with van der Waals surface area (Å²) in [6.07, 6.45) is 5.41. The first-order valence-electron chi connectivity index (χ1n) is 7.93. The predicted molar refractivity (Wildman–Crippen MR) is 90.2 cm³/mol. The van der Waals surface area contributed by atoms with Gasteiger partial charge in [0.25, 0.3) is 0 Å². The van der Waals surface area contributed by atoms with Gasteiger partial charge in [-0.1, -0.05) is 6.07 Å². The van der Waals surface area contributed by atoms with Gasteiger partial charge in [-0.05, 0) is 55.4 Å². The predicted octanol–water partition coefficient (Wildman–Crippen LogP) is 3.08. The van der Waals surface area contributed by atoms with E-state index >= 15 is 0 Å². The molecule has 0 aliphatic carbocycles. The van der Waals surface area contributed by atoms with Crippen LogP contribution in [0.25, 0.3) is 11.2 Å². The second kappa shape index (κ2) is 6.18. The monoisotopic (exact) mass is 312 g/mol. The zero-order chi connectivity index (χ0) is 14.8. The number of rotatable bonds is 4. The van der Waals surface area contributed by atoms with Crippen molar-refractivity contribution in [2.75, 3.05) is 13.1 Å². The molecule has 0 amide bonds. The number of thiophene rings is 1. The Hall–Kier alpha value is -1.72. The minimum Gasteiger partial charge on any atom is -0.317 e. The molecule has 3 aromatic heterocycles. The molecule has 22 heavy (non-hydrogen) atoms. The number of pyridine rings is 1. The Morgan fingerprint density at radius 2 is 2.14 bits per heavy atom. The summed E-state index contributed by atoms with van der Waals surface area (Å²) in [6.45, 7) is 3.15. The van der Waals surface area contributed by atoms with Gasteiger partial charge in [0.1, 0.15) is 11.3 Å². The van der Waals surface area contributed by atoms with Crippen LogP contribution in [-0.4, -0.2) is 27.6 Å². The molecule has 1 fully saturated rings. The van der Waals surface area contributed by atoms with Gasteiger partial charge in [-0.15, -0.1) is 11.3 Å². The van der Waals surface area contributed by atoms with Gasteiger partial charge in [-0.25, -0.2) is 9.97 Å². The van der Waals surface area contributed by atoms with Crippen molar-refractivity contribution in [1.29, 1.82) is 0 Å². The molecule has 5 heteroatoms. The fraction of sp³-hybridized carbons (Fsp3) is 0.412.